The SMILES string of the molecule is CNC(=O)CN1CCC(n2cc(-c3cnc(N)c(OC(c4c(Cl)cccc4Cl)C(F)(F)F)c3)cn2)CC1. The number of hydrogen-bond donors (Lipinski definition) is 2. The minimum absolute atomic E-state index is 0.0294. The molecule has 3 heterocycles. The van der Waals surface area contributed by atoms with Gasteiger partial charge in [0.2, 0.25) is 12.0 Å². The molecule has 1 aliphatic heterocycles. The number of aromatic nitrogens is 3. The molecule has 0 spiro atoms. The molecule has 1 fully saturated rings. The second kappa shape index (κ2) is 11.2. The number of alkyl halides is 3. The summed E-state index contributed by atoms with van der Waals surface area (Å²) in [7, 11) is 1.61. The molecule has 3 N–H and O–H groups in total. The largest absolute Gasteiger partial charge is 0.472 e. The summed E-state index contributed by atoms with van der Waals surface area (Å²) in [5.74, 6) is -0.499. The predicted molar refractivity (Wildman–Crippen MR) is 135 cm³/mol. The topological polar surface area (TPSA) is 98.3 Å². The van der Waals surface area contributed by atoms with E-state index in [2.05, 4.69) is 20.3 Å². The monoisotopic (exact) mass is 556 g/mol. The molecule has 3 aromatic rings. The first-order chi connectivity index (χ1) is 17.6. The van der Waals surface area contributed by atoms with Crippen LogP contribution in [0.4, 0.5) is 19.0 Å². The van der Waals surface area contributed by atoms with Crippen LogP contribution in [0.5, 0.6) is 5.75 Å². The third kappa shape index (κ3) is 6.28. The van der Waals surface area contributed by atoms with Gasteiger partial charge in [-0.05, 0) is 31.0 Å². The number of piperidine rings is 1. The molecule has 1 aliphatic rings. The van der Waals surface area contributed by atoms with Crippen LogP contribution in [0.3, 0.4) is 0 Å². The lowest BCUT2D eigenvalue weighted by Crippen LogP contribution is -2.41. The summed E-state index contributed by atoms with van der Waals surface area (Å²) in [4.78, 5) is 17.7. The van der Waals surface area contributed by atoms with Gasteiger partial charge in [-0.15, -0.1) is 0 Å². The highest BCUT2D eigenvalue weighted by Gasteiger charge is 2.45. The molecule has 1 saturated heterocycles. The molecule has 13 heteroatoms. The highest BCUT2D eigenvalue weighted by atomic mass is 35.5. The smallest absolute Gasteiger partial charge is 0.429 e. The van der Waals surface area contributed by atoms with Gasteiger partial charge in [-0.1, -0.05) is 29.3 Å². The van der Waals surface area contributed by atoms with Crippen molar-refractivity contribution in [2.24, 2.45) is 0 Å². The number of rotatable bonds is 7. The number of amides is 1. The number of nitrogens with zero attached hydrogens (tertiary/aromatic N) is 4. The van der Waals surface area contributed by atoms with Crippen molar-refractivity contribution < 1.29 is 22.7 Å². The van der Waals surface area contributed by atoms with E-state index in [1.165, 1.54) is 30.5 Å². The Balaban J connectivity index is 1.53. The van der Waals surface area contributed by atoms with Gasteiger partial charge in [-0.25, -0.2) is 4.98 Å². The van der Waals surface area contributed by atoms with Crippen LogP contribution in [-0.2, 0) is 4.79 Å². The van der Waals surface area contributed by atoms with Gasteiger partial charge in [-0.3, -0.25) is 14.4 Å². The minimum atomic E-state index is -4.82. The number of nitrogens with one attached hydrogen (secondary N) is 1. The average molecular weight is 557 g/mol. The lowest BCUT2D eigenvalue weighted by atomic mass is 10.1. The van der Waals surface area contributed by atoms with E-state index < -0.39 is 17.8 Å². The van der Waals surface area contributed by atoms with E-state index in [1.54, 1.807) is 13.2 Å². The van der Waals surface area contributed by atoms with Crippen LogP contribution < -0.4 is 15.8 Å². The molecule has 0 saturated carbocycles. The summed E-state index contributed by atoms with van der Waals surface area (Å²) in [6.45, 7) is 1.85. The van der Waals surface area contributed by atoms with E-state index in [0.717, 1.165) is 25.9 Å². The van der Waals surface area contributed by atoms with E-state index >= 15 is 0 Å². The standard InChI is InChI=1S/C24H25Cl2F3N6O2/c1-31-20(36)13-34-7-5-16(6-8-34)35-12-15(11-33-35)14-9-19(23(30)32-10-14)37-22(24(27,28)29)21-17(25)3-2-4-18(21)26/h2-4,9-12,16,22H,5-8,13H2,1H3,(H2,30,32)(H,31,36). The lowest BCUT2D eigenvalue weighted by molar-refractivity contribution is -0.197. The van der Waals surface area contributed by atoms with Crippen LogP contribution in [0.2, 0.25) is 10.0 Å². The van der Waals surface area contributed by atoms with Gasteiger partial charge in [0.15, 0.2) is 11.6 Å². The second-order valence-electron chi connectivity index (χ2n) is 8.67. The first-order valence-electron chi connectivity index (χ1n) is 11.5. The van der Waals surface area contributed by atoms with Gasteiger partial charge in [0, 0.05) is 59.3 Å². The number of carbonyl (C=O) groups excluding carboxylic acids is 1. The number of halogens is 5. The van der Waals surface area contributed by atoms with Crippen molar-refractivity contribution in [1.29, 1.82) is 0 Å². The number of nitrogens with two attached hydrogens (primary N) is 1. The van der Waals surface area contributed by atoms with Gasteiger partial charge < -0.3 is 15.8 Å². The molecule has 0 bridgehead atoms. The van der Waals surface area contributed by atoms with Crippen LogP contribution in [0.25, 0.3) is 11.1 Å². The Bertz CT molecular complexity index is 1240. The molecule has 8 nitrogen and oxygen atoms in total. The molecule has 0 radical (unpaired) electrons. The van der Waals surface area contributed by atoms with E-state index in [1.807, 2.05) is 10.9 Å². The van der Waals surface area contributed by atoms with Gasteiger partial charge >= 0.3 is 6.18 Å². The van der Waals surface area contributed by atoms with Crippen LogP contribution in [0.15, 0.2) is 42.9 Å². The zero-order chi connectivity index (χ0) is 26.7. The van der Waals surface area contributed by atoms with E-state index in [-0.39, 0.29) is 33.6 Å². The summed E-state index contributed by atoms with van der Waals surface area (Å²) in [5.41, 5.74) is 6.59. The predicted octanol–water partition coefficient (Wildman–Crippen LogP) is 4.90. The Morgan fingerprint density at radius 2 is 1.89 bits per heavy atom. The quantitative estimate of drug-likeness (QED) is 0.429. The van der Waals surface area contributed by atoms with Crippen molar-refractivity contribution in [2.75, 3.05) is 32.4 Å². The maximum absolute atomic E-state index is 14.0. The van der Waals surface area contributed by atoms with E-state index in [4.69, 9.17) is 33.7 Å². The summed E-state index contributed by atoms with van der Waals surface area (Å²) in [5, 5.41) is 6.71. The fourth-order valence-electron chi connectivity index (χ4n) is 4.20. The number of likely N-dealkylation sites (tertiary alicyclic amines) is 1. The van der Waals surface area contributed by atoms with Gasteiger partial charge in [-0.2, -0.15) is 18.3 Å². The van der Waals surface area contributed by atoms with Crippen molar-refractivity contribution in [2.45, 2.75) is 31.2 Å². The summed E-state index contributed by atoms with van der Waals surface area (Å²) in [6, 6.07) is 5.57. The van der Waals surface area contributed by atoms with Crippen LogP contribution >= 0.6 is 23.2 Å². The molecule has 37 heavy (non-hydrogen) atoms. The summed E-state index contributed by atoms with van der Waals surface area (Å²) in [6.07, 6.45) is -0.801. The molecule has 1 atom stereocenters. The van der Waals surface area contributed by atoms with Crippen LogP contribution in [0.1, 0.15) is 30.6 Å². The molecule has 198 valence electrons. The van der Waals surface area contributed by atoms with E-state index in [0.29, 0.717) is 17.7 Å². The number of pyridine rings is 1. The third-order valence-electron chi connectivity index (χ3n) is 6.20. The summed E-state index contributed by atoms with van der Waals surface area (Å²) >= 11 is 12.1. The first kappa shape index (κ1) is 27.0. The lowest BCUT2D eigenvalue weighted by Gasteiger charge is -2.31. The molecular formula is C24H25Cl2F3N6O2. The molecule has 0 aliphatic carbocycles. The molecule has 4 rings (SSSR count). The summed E-state index contributed by atoms with van der Waals surface area (Å²) < 4.78 is 49.1. The highest BCUT2D eigenvalue weighted by molar-refractivity contribution is 6.36. The Morgan fingerprint density at radius 1 is 1.22 bits per heavy atom. The molecule has 1 unspecified atom stereocenters. The first-order valence-corrected chi connectivity index (χ1v) is 12.2. The fourth-order valence-corrected chi connectivity index (χ4v) is 4.79. The Morgan fingerprint density at radius 3 is 2.51 bits per heavy atom. The minimum Gasteiger partial charge on any atom is -0.472 e. The number of hydrogen-bond acceptors (Lipinski definition) is 6. The van der Waals surface area contributed by atoms with Crippen molar-refractivity contribution >= 4 is 34.9 Å². The normalized spacial score (nSPS) is 15.9. The molecule has 1 aromatic carbocycles. The molecule has 1 amide bonds. The van der Waals surface area contributed by atoms with Gasteiger partial charge in [0.1, 0.15) is 0 Å². The number of anilines is 1. The molecular weight excluding hydrogens is 532 g/mol. The zero-order valence-corrected chi connectivity index (χ0v) is 21.3. The number of likely N-dealkylation sites (N-methyl/N-ethyl adjacent to an activating group) is 1. The Kier molecular flexibility index (Phi) is 8.15. The third-order valence-corrected chi connectivity index (χ3v) is 6.86. The Labute approximate surface area is 221 Å². The van der Waals surface area contributed by atoms with Crippen molar-refractivity contribution in [3.63, 3.8) is 0 Å². The average Bonchev–Trinajstić information content (AvgIpc) is 3.34. The van der Waals surface area contributed by atoms with Gasteiger partial charge in [0.05, 0.1) is 18.8 Å². The number of nitrogen functional groups attached to an aromatic ring is 1. The maximum Gasteiger partial charge on any atom is 0.429 e. The van der Waals surface area contributed by atoms with Crippen LogP contribution in [-0.4, -0.2) is 58.4 Å². The number of benzene rings is 1. The zero-order valence-electron chi connectivity index (χ0n) is 19.8. The van der Waals surface area contributed by atoms with Crippen LogP contribution in [0, 0.1) is 0 Å². The fraction of sp³-hybridized carbons (Fsp3) is 0.375. The van der Waals surface area contributed by atoms with Crippen molar-refractivity contribution in [3.05, 3.63) is 58.5 Å². The van der Waals surface area contributed by atoms with Gasteiger partial charge in [0.25, 0.3) is 0 Å². The van der Waals surface area contributed by atoms with E-state index in [9.17, 15) is 18.0 Å². The second-order valence-corrected chi connectivity index (χ2v) is 9.49. The highest BCUT2D eigenvalue weighted by Crippen LogP contribution is 2.44. The van der Waals surface area contributed by atoms with Crippen molar-refractivity contribution in [1.82, 2.24) is 25.0 Å². The maximum atomic E-state index is 14.0. The number of ether oxygens (including phenoxy) is 1. The Hall–Kier alpha value is -3.02. The van der Waals surface area contributed by atoms with Crippen molar-refractivity contribution in [3.8, 4) is 16.9 Å². The number of carbonyl (C=O) groups is 1. The molecule has 2 aromatic heterocycles.